The largest absolute Gasteiger partial charge is 0.481 e. The highest BCUT2D eigenvalue weighted by molar-refractivity contribution is 9.10. The summed E-state index contributed by atoms with van der Waals surface area (Å²) in [5, 5.41) is 14.3. The summed E-state index contributed by atoms with van der Waals surface area (Å²) >= 11 is 3.39. The van der Waals surface area contributed by atoms with E-state index in [2.05, 4.69) is 26.6 Å². The first-order valence-electron chi connectivity index (χ1n) is 6.43. The fraction of sp³-hybridized carbons (Fsp3) is 0.429. The van der Waals surface area contributed by atoms with Gasteiger partial charge < -0.3 is 15.7 Å². The number of hydrogen-bond acceptors (Lipinski definition) is 2. The fourth-order valence-corrected chi connectivity index (χ4v) is 2.09. The Balaban J connectivity index is 2.69. The fourth-order valence-electron chi connectivity index (χ4n) is 1.68. The maximum Gasteiger partial charge on any atom is 0.319 e. The molecule has 0 bridgehead atoms. The molecule has 0 heterocycles. The molecular formula is C14H19BrN2O3. The molecule has 2 atom stereocenters. The number of nitrogens with one attached hydrogen (secondary N) is 2. The van der Waals surface area contributed by atoms with Crippen molar-refractivity contribution in [3.05, 3.63) is 28.2 Å². The van der Waals surface area contributed by atoms with E-state index < -0.39 is 24.0 Å². The lowest BCUT2D eigenvalue weighted by Gasteiger charge is -2.19. The van der Waals surface area contributed by atoms with Crippen LogP contribution in [0.25, 0.3) is 0 Å². The Labute approximate surface area is 126 Å². The van der Waals surface area contributed by atoms with Crippen molar-refractivity contribution in [1.82, 2.24) is 5.32 Å². The number of benzene rings is 1. The lowest BCUT2D eigenvalue weighted by Crippen LogP contribution is -2.42. The van der Waals surface area contributed by atoms with Crippen LogP contribution in [0.4, 0.5) is 10.5 Å². The Bertz CT molecular complexity index is 505. The molecule has 2 amide bonds. The summed E-state index contributed by atoms with van der Waals surface area (Å²) in [5.41, 5.74) is 1.73. The van der Waals surface area contributed by atoms with Crippen LogP contribution < -0.4 is 10.6 Å². The zero-order valence-corrected chi connectivity index (χ0v) is 13.3. The number of carboxylic acid groups (broad SMARTS) is 1. The molecule has 0 saturated heterocycles. The molecule has 110 valence electrons. The minimum Gasteiger partial charge on any atom is -0.481 e. The van der Waals surface area contributed by atoms with Crippen molar-refractivity contribution in [2.24, 2.45) is 5.92 Å². The molecule has 1 aromatic carbocycles. The number of anilines is 1. The van der Waals surface area contributed by atoms with Gasteiger partial charge in [-0.05, 0) is 44.0 Å². The summed E-state index contributed by atoms with van der Waals surface area (Å²) < 4.78 is 0.952. The van der Waals surface area contributed by atoms with Crippen molar-refractivity contribution in [2.45, 2.75) is 33.2 Å². The number of hydrogen-bond donors (Lipinski definition) is 3. The van der Waals surface area contributed by atoms with E-state index in [1.807, 2.05) is 25.1 Å². The van der Waals surface area contributed by atoms with E-state index in [0.717, 1.165) is 22.1 Å². The number of carbonyl (C=O) groups excluding carboxylic acids is 1. The Morgan fingerprint density at radius 2 is 2.00 bits per heavy atom. The average Bonchev–Trinajstić information content (AvgIpc) is 2.39. The van der Waals surface area contributed by atoms with Gasteiger partial charge in [-0.1, -0.05) is 22.9 Å². The standard InChI is InChI=1S/C14H19BrN2O3/c1-4-10-7-11(15)5-6-12(10)17-14(20)16-9(3)8(2)13(18)19/h5-9H,4H2,1-3H3,(H,18,19)(H2,16,17,20). The summed E-state index contributed by atoms with van der Waals surface area (Å²) in [5.74, 6) is -1.58. The van der Waals surface area contributed by atoms with Gasteiger partial charge in [-0.3, -0.25) is 4.79 Å². The molecule has 0 aliphatic carbocycles. The molecule has 20 heavy (non-hydrogen) atoms. The van der Waals surface area contributed by atoms with Crippen molar-refractivity contribution < 1.29 is 14.7 Å². The molecule has 1 aromatic rings. The molecule has 2 unspecified atom stereocenters. The summed E-state index contributed by atoms with van der Waals surface area (Å²) in [6.07, 6.45) is 0.788. The number of carbonyl (C=O) groups is 2. The third kappa shape index (κ3) is 4.52. The smallest absolute Gasteiger partial charge is 0.319 e. The van der Waals surface area contributed by atoms with Crippen LogP contribution in [0.2, 0.25) is 0 Å². The number of halogens is 1. The highest BCUT2D eigenvalue weighted by Crippen LogP contribution is 2.21. The lowest BCUT2D eigenvalue weighted by atomic mass is 10.0. The first kappa shape index (κ1) is 16.5. The van der Waals surface area contributed by atoms with E-state index in [4.69, 9.17) is 5.11 Å². The van der Waals surface area contributed by atoms with Crippen LogP contribution in [0.3, 0.4) is 0 Å². The average molecular weight is 343 g/mol. The van der Waals surface area contributed by atoms with Crippen molar-refractivity contribution >= 4 is 33.6 Å². The summed E-state index contributed by atoms with van der Waals surface area (Å²) in [4.78, 5) is 22.7. The third-order valence-electron chi connectivity index (χ3n) is 3.19. The first-order chi connectivity index (χ1) is 9.35. The van der Waals surface area contributed by atoms with Gasteiger partial charge in [0.1, 0.15) is 0 Å². The van der Waals surface area contributed by atoms with Gasteiger partial charge >= 0.3 is 12.0 Å². The van der Waals surface area contributed by atoms with Crippen LogP contribution in [-0.4, -0.2) is 23.1 Å². The van der Waals surface area contributed by atoms with Crippen LogP contribution in [0.15, 0.2) is 22.7 Å². The van der Waals surface area contributed by atoms with Gasteiger partial charge in [0.05, 0.1) is 5.92 Å². The molecule has 3 N–H and O–H groups in total. The second kappa shape index (κ2) is 7.28. The van der Waals surface area contributed by atoms with E-state index >= 15 is 0 Å². The second-order valence-electron chi connectivity index (χ2n) is 4.67. The topological polar surface area (TPSA) is 78.4 Å². The summed E-state index contributed by atoms with van der Waals surface area (Å²) in [7, 11) is 0. The van der Waals surface area contributed by atoms with Gasteiger partial charge in [-0.15, -0.1) is 0 Å². The number of carboxylic acids is 1. The Morgan fingerprint density at radius 3 is 2.55 bits per heavy atom. The van der Waals surface area contributed by atoms with Crippen molar-refractivity contribution in [3.63, 3.8) is 0 Å². The van der Waals surface area contributed by atoms with Crippen molar-refractivity contribution in [1.29, 1.82) is 0 Å². The molecule has 0 radical (unpaired) electrons. The molecular weight excluding hydrogens is 324 g/mol. The zero-order chi connectivity index (χ0) is 15.3. The van der Waals surface area contributed by atoms with Crippen molar-refractivity contribution in [2.75, 3.05) is 5.32 Å². The van der Waals surface area contributed by atoms with Crippen LogP contribution in [0.5, 0.6) is 0 Å². The van der Waals surface area contributed by atoms with Crippen molar-refractivity contribution in [3.8, 4) is 0 Å². The number of rotatable bonds is 5. The minimum atomic E-state index is -0.935. The normalized spacial score (nSPS) is 13.4. The molecule has 5 nitrogen and oxygen atoms in total. The van der Waals surface area contributed by atoms with Gasteiger partial charge in [0, 0.05) is 16.2 Å². The molecule has 6 heteroatoms. The van der Waals surface area contributed by atoms with Gasteiger partial charge in [-0.2, -0.15) is 0 Å². The molecule has 1 rings (SSSR count). The quantitative estimate of drug-likeness (QED) is 0.768. The van der Waals surface area contributed by atoms with Crippen LogP contribution in [0.1, 0.15) is 26.3 Å². The maximum atomic E-state index is 11.9. The zero-order valence-electron chi connectivity index (χ0n) is 11.7. The maximum absolute atomic E-state index is 11.9. The van der Waals surface area contributed by atoms with E-state index in [9.17, 15) is 9.59 Å². The summed E-state index contributed by atoms with van der Waals surface area (Å²) in [6.45, 7) is 5.23. The monoisotopic (exact) mass is 342 g/mol. The highest BCUT2D eigenvalue weighted by atomic mass is 79.9. The lowest BCUT2D eigenvalue weighted by molar-refractivity contribution is -0.141. The summed E-state index contributed by atoms with van der Waals surface area (Å²) in [6, 6.07) is 4.75. The molecule has 0 aromatic heterocycles. The van der Waals surface area contributed by atoms with Crippen LogP contribution in [0, 0.1) is 5.92 Å². The SMILES string of the molecule is CCc1cc(Br)ccc1NC(=O)NC(C)C(C)C(=O)O. The Hall–Kier alpha value is -1.56. The van der Waals surface area contributed by atoms with Gasteiger partial charge in [0.2, 0.25) is 0 Å². The van der Waals surface area contributed by atoms with E-state index in [1.54, 1.807) is 13.8 Å². The number of aliphatic carboxylic acids is 1. The molecule has 0 saturated carbocycles. The Morgan fingerprint density at radius 1 is 1.35 bits per heavy atom. The third-order valence-corrected chi connectivity index (χ3v) is 3.69. The first-order valence-corrected chi connectivity index (χ1v) is 7.23. The van der Waals surface area contributed by atoms with Gasteiger partial charge in [-0.25, -0.2) is 4.79 Å². The molecule has 0 spiro atoms. The second-order valence-corrected chi connectivity index (χ2v) is 5.58. The molecule has 0 aliphatic heterocycles. The Kier molecular flexibility index (Phi) is 6.01. The molecule has 0 fully saturated rings. The van der Waals surface area contributed by atoms with Gasteiger partial charge in [0.15, 0.2) is 0 Å². The van der Waals surface area contributed by atoms with Crippen LogP contribution >= 0.6 is 15.9 Å². The highest BCUT2D eigenvalue weighted by Gasteiger charge is 2.21. The predicted octanol–water partition coefficient (Wildman–Crippen LogP) is 3.24. The predicted molar refractivity (Wildman–Crippen MR) is 81.9 cm³/mol. The minimum absolute atomic E-state index is 0.400. The number of amides is 2. The molecule has 0 aliphatic rings. The van der Waals surface area contributed by atoms with E-state index in [0.29, 0.717) is 0 Å². The van der Waals surface area contributed by atoms with Crippen LogP contribution in [-0.2, 0) is 11.2 Å². The van der Waals surface area contributed by atoms with E-state index in [1.165, 1.54) is 0 Å². The number of urea groups is 1. The number of aryl methyl sites for hydroxylation is 1. The van der Waals surface area contributed by atoms with E-state index in [-0.39, 0.29) is 0 Å². The van der Waals surface area contributed by atoms with Gasteiger partial charge in [0.25, 0.3) is 0 Å².